The van der Waals surface area contributed by atoms with Crippen LogP contribution in [0.1, 0.15) is 13.8 Å². The highest BCUT2D eigenvalue weighted by molar-refractivity contribution is 5.78. The predicted octanol–water partition coefficient (Wildman–Crippen LogP) is -0.920. The molecule has 6 nitrogen and oxygen atoms in total. The molecule has 0 aromatic carbocycles. The van der Waals surface area contributed by atoms with Gasteiger partial charge in [0.25, 0.3) is 0 Å². The molecule has 0 rings (SSSR count). The van der Waals surface area contributed by atoms with Gasteiger partial charge in [0.1, 0.15) is 0 Å². The Hall–Kier alpha value is -1.14. The van der Waals surface area contributed by atoms with Crippen molar-refractivity contribution in [3.05, 3.63) is 0 Å². The summed E-state index contributed by atoms with van der Waals surface area (Å²) >= 11 is 0. The normalized spacial score (nSPS) is 10.1. The van der Waals surface area contributed by atoms with Crippen molar-refractivity contribution in [1.82, 2.24) is 20.4 Å². The molecule has 0 aromatic rings. The highest BCUT2D eigenvalue weighted by Crippen LogP contribution is 1.82. The molecule has 0 aliphatic carbocycles. The monoisotopic (exact) mass is 244 g/mol. The molecule has 0 bridgehead atoms. The first-order valence-electron chi connectivity index (χ1n) is 5.92. The lowest BCUT2D eigenvalue weighted by Gasteiger charge is -2.16. The molecule has 0 aliphatic heterocycles. The first-order valence-corrected chi connectivity index (χ1v) is 5.92. The molecular weight excluding hydrogens is 220 g/mol. The molecule has 0 spiro atoms. The fraction of sp³-hybridized carbons (Fsp3) is 0.818. The van der Waals surface area contributed by atoms with Gasteiger partial charge in [0.15, 0.2) is 0 Å². The van der Waals surface area contributed by atoms with E-state index in [4.69, 9.17) is 0 Å². The van der Waals surface area contributed by atoms with Gasteiger partial charge in [-0.15, -0.1) is 0 Å². The maximum absolute atomic E-state index is 11.4. The Balaban J connectivity index is 3.53. The predicted molar refractivity (Wildman–Crippen MR) is 67.5 cm³/mol. The summed E-state index contributed by atoms with van der Waals surface area (Å²) in [4.78, 5) is 26.1. The summed E-state index contributed by atoms with van der Waals surface area (Å²) in [6, 6.07) is 0. The number of rotatable bonds is 8. The van der Waals surface area contributed by atoms with Gasteiger partial charge in [0.05, 0.1) is 13.1 Å². The third kappa shape index (κ3) is 6.91. The molecule has 0 saturated carbocycles. The number of nitrogens with zero attached hydrogens (tertiary/aromatic N) is 2. The molecular formula is C11H24N4O2. The van der Waals surface area contributed by atoms with E-state index in [-0.39, 0.29) is 24.9 Å². The van der Waals surface area contributed by atoms with Crippen LogP contribution in [-0.4, -0.2) is 68.6 Å². The lowest BCUT2D eigenvalue weighted by atomic mass is 10.5. The summed E-state index contributed by atoms with van der Waals surface area (Å²) < 4.78 is 0. The van der Waals surface area contributed by atoms with Gasteiger partial charge in [-0.1, -0.05) is 0 Å². The highest BCUT2D eigenvalue weighted by Gasteiger charge is 2.06. The number of hydrogen-bond acceptors (Lipinski definition) is 4. The van der Waals surface area contributed by atoms with E-state index in [0.29, 0.717) is 19.8 Å². The van der Waals surface area contributed by atoms with Crippen molar-refractivity contribution in [3.8, 4) is 0 Å². The minimum Gasteiger partial charge on any atom is -0.345 e. The molecule has 2 N–H and O–H groups in total. The molecule has 0 unspecified atom stereocenters. The minimum absolute atomic E-state index is 0.0475. The largest absolute Gasteiger partial charge is 0.345 e. The van der Waals surface area contributed by atoms with E-state index >= 15 is 0 Å². The zero-order chi connectivity index (χ0) is 13.3. The van der Waals surface area contributed by atoms with Crippen molar-refractivity contribution in [3.63, 3.8) is 0 Å². The van der Waals surface area contributed by atoms with Crippen LogP contribution in [0.25, 0.3) is 0 Å². The van der Waals surface area contributed by atoms with Crippen molar-refractivity contribution in [2.75, 3.05) is 46.9 Å². The van der Waals surface area contributed by atoms with Crippen molar-refractivity contribution in [1.29, 1.82) is 0 Å². The molecule has 0 fully saturated rings. The Bertz CT molecular complexity index is 222. The first-order chi connectivity index (χ1) is 8.02. The molecule has 0 saturated heterocycles. The molecule has 6 heteroatoms. The van der Waals surface area contributed by atoms with Crippen LogP contribution in [0.4, 0.5) is 0 Å². The fourth-order valence-corrected chi connectivity index (χ4v) is 1.05. The number of hydrogen-bond donors (Lipinski definition) is 2. The van der Waals surface area contributed by atoms with E-state index in [9.17, 15) is 9.59 Å². The van der Waals surface area contributed by atoms with Gasteiger partial charge in [-0.3, -0.25) is 20.2 Å². The number of carbonyl (C=O) groups excluding carboxylic acids is 2. The topological polar surface area (TPSA) is 64.7 Å². The lowest BCUT2D eigenvalue weighted by molar-refractivity contribution is -0.129. The second-order valence-electron chi connectivity index (χ2n) is 3.85. The van der Waals surface area contributed by atoms with Gasteiger partial charge in [-0.2, -0.15) is 0 Å². The number of amides is 2. The lowest BCUT2D eigenvalue weighted by Crippen LogP contribution is -2.42. The molecule has 0 atom stereocenters. The van der Waals surface area contributed by atoms with E-state index < -0.39 is 0 Å². The van der Waals surface area contributed by atoms with E-state index in [1.807, 2.05) is 13.8 Å². The maximum atomic E-state index is 11.4. The molecule has 0 heterocycles. The molecule has 100 valence electrons. The smallest absolute Gasteiger partial charge is 0.236 e. The van der Waals surface area contributed by atoms with Gasteiger partial charge in [0.2, 0.25) is 11.8 Å². The Labute approximate surface area is 103 Å². The molecule has 2 amide bonds. The van der Waals surface area contributed by atoms with E-state index in [2.05, 4.69) is 10.6 Å². The first kappa shape index (κ1) is 15.9. The van der Waals surface area contributed by atoms with Gasteiger partial charge >= 0.3 is 0 Å². The minimum atomic E-state index is 0.0475. The summed E-state index contributed by atoms with van der Waals surface area (Å²) in [5.74, 6) is 0.0950. The average Bonchev–Trinajstić information content (AvgIpc) is 2.35. The number of nitrogens with one attached hydrogen (secondary N) is 2. The van der Waals surface area contributed by atoms with Crippen LogP contribution in [0.3, 0.4) is 0 Å². The van der Waals surface area contributed by atoms with E-state index in [0.717, 1.165) is 0 Å². The second kappa shape index (κ2) is 8.95. The standard InChI is InChI=1S/C11H24N4O2/c1-5-14(3)10(16)7-12-9-13-8-11(17)15(4)6-2/h12-13H,5-9H2,1-4H3. The SMILES string of the molecule is CCN(C)C(=O)CNCNCC(=O)N(C)CC. The van der Waals surface area contributed by atoms with Crippen LogP contribution in [0.5, 0.6) is 0 Å². The van der Waals surface area contributed by atoms with Crippen molar-refractivity contribution in [2.45, 2.75) is 13.8 Å². The van der Waals surface area contributed by atoms with Crippen LogP contribution < -0.4 is 10.6 Å². The Morgan fingerprint density at radius 2 is 1.24 bits per heavy atom. The Morgan fingerprint density at radius 1 is 0.882 bits per heavy atom. The van der Waals surface area contributed by atoms with Gasteiger partial charge in [-0.25, -0.2) is 0 Å². The number of likely N-dealkylation sites (N-methyl/N-ethyl adjacent to an activating group) is 2. The highest BCUT2D eigenvalue weighted by atomic mass is 16.2. The van der Waals surface area contributed by atoms with E-state index in [1.165, 1.54) is 0 Å². The maximum Gasteiger partial charge on any atom is 0.236 e. The van der Waals surface area contributed by atoms with Gasteiger partial charge in [0, 0.05) is 33.9 Å². The zero-order valence-corrected chi connectivity index (χ0v) is 11.2. The van der Waals surface area contributed by atoms with Gasteiger partial charge in [-0.05, 0) is 13.8 Å². The van der Waals surface area contributed by atoms with Crippen LogP contribution >= 0.6 is 0 Å². The summed E-state index contributed by atoms with van der Waals surface area (Å²) in [5.41, 5.74) is 0. The summed E-state index contributed by atoms with van der Waals surface area (Å²) in [7, 11) is 3.52. The van der Waals surface area contributed by atoms with E-state index in [1.54, 1.807) is 23.9 Å². The number of carbonyl (C=O) groups is 2. The average molecular weight is 244 g/mol. The van der Waals surface area contributed by atoms with Crippen LogP contribution in [0.15, 0.2) is 0 Å². The van der Waals surface area contributed by atoms with Crippen LogP contribution in [0.2, 0.25) is 0 Å². The quantitative estimate of drug-likeness (QED) is 0.428. The molecule has 17 heavy (non-hydrogen) atoms. The van der Waals surface area contributed by atoms with Crippen molar-refractivity contribution in [2.24, 2.45) is 0 Å². The third-order valence-corrected chi connectivity index (χ3v) is 2.60. The zero-order valence-electron chi connectivity index (χ0n) is 11.2. The van der Waals surface area contributed by atoms with Crippen molar-refractivity contribution < 1.29 is 9.59 Å². The van der Waals surface area contributed by atoms with Crippen molar-refractivity contribution >= 4 is 11.8 Å². The summed E-state index contributed by atoms with van der Waals surface area (Å²) in [5, 5.41) is 5.88. The fourth-order valence-electron chi connectivity index (χ4n) is 1.05. The molecule has 0 aliphatic rings. The molecule has 0 aromatic heterocycles. The summed E-state index contributed by atoms with van der Waals surface area (Å²) in [6.07, 6.45) is 0. The Morgan fingerprint density at radius 3 is 1.53 bits per heavy atom. The summed E-state index contributed by atoms with van der Waals surface area (Å²) in [6.45, 7) is 6.28. The van der Waals surface area contributed by atoms with Crippen LogP contribution in [0, 0.1) is 0 Å². The van der Waals surface area contributed by atoms with Gasteiger partial charge < -0.3 is 9.80 Å². The molecule has 0 radical (unpaired) electrons. The Kier molecular flexibility index (Phi) is 8.35. The third-order valence-electron chi connectivity index (χ3n) is 2.60. The van der Waals surface area contributed by atoms with Crippen LogP contribution in [-0.2, 0) is 9.59 Å². The second-order valence-corrected chi connectivity index (χ2v) is 3.85.